The van der Waals surface area contributed by atoms with Crippen LogP contribution in [-0.4, -0.2) is 134 Å². The second-order valence-electron chi connectivity index (χ2n) is 16.5. The summed E-state index contributed by atoms with van der Waals surface area (Å²) in [7, 11) is -16.4. The van der Waals surface area contributed by atoms with Crippen LogP contribution < -0.4 is 16.4 Å². The Kier molecular flexibility index (Phi) is 24.2. The molecule has 3 heterocycles. The van der Waals surface area contributed by atoms with Crippen LogP contribution >= 0.6 is 35.2 Å². The third-order valence-corrected chi connectivity index (χ3v) is 14.3. The molecule has 8 atom stereocenters. The number of nitrogens with zero attached hydrogens (tertiary/aromatic N) is 4. The fourth-order valence-electron chi connectivity index (χ4n) is 6.69. The van der Waals surface area contributed by atoms with E-state index in [1.807, 2.05) is 0 Å². The van der Waals surface area contributed by atoms with Gasteiger partial charge in [-0.15, -0.1) is 0 Å². The van der Waals surface area contributed by atoms with E-state index in [-0.39, 0.29) is 53.8 Å². The molecule has 25 nitrogen and oxygen atoms in total. The number of hydrogen-bond donors (Lipinski definition) is 10. The molecule has 0 aliphatic carbocycles. The van der Waals surface area contributed by atoms with Gasteiger partial charge in [-0.3, -0.25) is 32.5 Å². The van der Waals surface area contributed by atoms with Crippen molar-refractivity contribution in [3.63, 3.8) is 0 Å². The predicted molar refractivity (Wildman–Crippen MR) is 239 cm³/mol. The molecule has 1 aliphatic heterocycles. The normalized spacial score (nSPS) is 20.7. The number of aliphatic hydroxyl groups excluding tert-OH is 3. The van der Waals surface area contributed by atoms with Crippen molar-refractivity contribution >= 4 is 69.1 Å². The quantitative estimate of drug-likeness (QED) is 0.0362. The first kappa shape index (κ1) is 57.8. The first-order chi connectivity index (χ1) is 30.9. The lowest BCUT2D eigenvalue weighted by atomic mass is 9.87. The second kappa shape index (κ2) is 27.6. The van der Waals surface area contributed by atoms with Gasteiger partial charge in [0, 0.05) is 37.1 Å². The summed E-state index contributed by atoms with van der Waals surface area (Å²) in [4.78, 5) is 88.3. The zero-order chi connectivity index (χ0) is 49.1. The molecule has 2 amide bonds. The number of amides is 2. The van der Waals surface area contributed by atoms with E-state index in [1.54, 1.807) is 0 Å². The van der Waals surface area contributed by atoms with Crippen molar-refractivity contribution in [2.75, 3.05) is 37.8 Å². The lowest BCUT2D eigenvalue weighted by Crippen LogP contribution is -2.46. The lowest BCUT2D eigenvalue weighted by molar-refractivity contribution is -0.137. The fourth-order valence-corrected chi connectivity index (χ4v) is 10.3. The van der Waals surface area contributed by atoms with E-state index in [9.17, 15) is 63.0 Å². The minimum Gasteiger partial charge on any atom is -0.393 e. The highest BCUT2D eigenvalue weighted by Gasteiger charge is 2.50. The second-order valence-corrected chi connectivity index (χ2v) is 21.9. The van der Waals surface area contributed by atoms with E-state index in [4.69, 9.17) is 19.5 Å². The molecule has 1 fully saturated rings. The van der Waals surface area contributed by atoms with Gasteiger partial charge in [-0.05, 0) is 6.42 Å². The molecule has 1 aliphatic rings. The molecule has 66 heavy (non-hydrogen) atoms. The smallest absolute Gasteiger partial charge is 0.393 e. The fraction of sp³-hybridized carbons (Fsp3) is 0.784. The number of fused-ring (bicyclic) bond motifs is 1. The molecule has 3 unspecified atom stereocenters. The molecule has 1 saturated heterocycles. The largest absolute Gasteiger partial charge is 0.481 e. The number of carbonyl (C=O) groups excluding carboxylic acids is 3. The first-order valence-electron chi connectivity index (χ1n) is 21.7. The summed E-state index contributed by atoms with van der Waals surface area (Å²) < 4.78 is 62.4. The first-order valence-corrected chi connectivity index (χ1v) is 27.2. The minimum atomic E-state index is -5.58. The van der Waals surface area contributed by atoms with E-state index in [2.05, 4.69) is 41.3 Å². The predicted octanol–water partition coefficient (Wildman–Crippen LogP) is 3.12. The van der Waals surface area contributed by atoms with E-state index in [0.717, 1.165) is 48.2 Å². The molecule has 378 valence electrons. The van der Waals surface area contributed by atoms with Gasteiger partial charge in [-0.1, -0.05) is 103 Å². The van der Waals surface area contributed by atoms with Crippen LogP contribution in [0.25, 0.3) is 11.2 Å². The van der Waals surface area contributed by atoms with E-state index >= 15 is 0 Å². The maximum Gasteiger partial charge on any atom is 0.481 e. The van der Waals surface area contributed by atoms with Crippen LogP contribution in [0.2, 0.25) is 0 Å². The highest BCUT2D eigenvalue weighted by molar-refractivity contribution is 8.13. The Morgan fingerprint density at radius 2 is 1.53 bits per heavy atom. The number of ether oxygens (including phenoxy) is 1. The molecule has 2 aromatic heterocycles. The summed E-state index contributed by atoms with van der Waals surface area (Å²) in [5.74, 6) is -1.22. The van der Waals surface area contributed by atoms with Crippen molar-refractivity contribution in [1.29, 1.82) is 0 Å². The van der Waals surface area contributed by atoms with Crippen LogP contribution in [-0.2, 0) is 50.7 Å². The van der Waals surface area contributed by atoms with E-state index < -0.39 is 90.7 Å². The maximum atomic E-state index is 12.7. The third kappa shape index (κ3) is 20.6. The number of nitrogen functional groups attached to an aromatic ring is 1. The monoisotopic (exact) mass is 1020 g/mol. The van der Waals surface area contributed by atoms with Crippen molar-refractivity contribution < 1.29 is 85.6 Å². The number of thioether (sulfide) groups is 1. The number of aliphatic hydroxyl groups is 3. The van der Waals surface area contributed by atoms with Gasteiger partial charge in [-0.2, -0.15) is 4.31 Å². The SMILES string of the molecule is CCCCCCCCCCCCC[C@@H](O)CC(=O)SCCNC(=O)CCNC(=O)C(O)C(C)(C)COP(=O)(O)OP(=O)(O)OC[C@H]1O[C@@H](n2cnc3c(N)ncnc32)[C@H](O)[C@@H]1OP(=O)(O)O. The number of nitrogens with one attached hydrogen (secondary N) is 2. The van der Waals surface area contributed by atoms with Gasteiger partial charge in [-0.25, -0.2) is 28.6 Å². The highest BCUT2D eigenvalue weighted by Crippen LogP contribution is 2.61. The van der Waals surface area contributed by atoms with Crippen LogP contribution in [0.3, 0.4) is 0 Å². The number of unbranched alkanes of at least 4 members (excludes halogenated alkanes) is 10. The molecule has 11 N–H and O–H groups in total. The topological polar surface area (TPSA) is 384 Å². The Hall–Kier alpha value is -2.48. The van der Waals surface area contributed by atoms with E-state index in [1.165, 1.54) is 65.2 Å². The number of hydrogen-bond acceptors (Lipinski definition) is 19. The molecular formula is C37H66N7O18P3S. The number of rotatable bonds is 33. The zero-order valence-electron chi connectivity index (χ0n) is 37.3. The maximum absolute atomic E-state index is 12.7. The molecule has 0 spiro atoms. The number of carbonyl (C=O) groups is 3. The van der Waals surface area contributed by atoms with Gasteiger partial charge < -0.3 is 56.0 Å². The molecule has 3 rings (SSSR count). The number of phosphoric acid groups is 3. The minimum absolute atomic E-state index is 0.0260. The number of nitrogens with two attached hydrogens (primary N) is 1. The molecule has 0 saturated carbocycles. The molecule has 0 bridgehead atoms. The molecule has 2 aromatic rings. The Bertz CT molecular complexity index is 2000. The van der Waals surface area contributed by atoms with E-state index in [0.29, 0.717) is 6.42 Å². The number of phosphoric ester groups is 3. The molecule has 0 radical (unpaired) electrons. The van der Waals surface area contributed by atoms with Crippen LogP contribution in [0.15, 0.2) is 12.7 Å². The highest BCUT2D eigenvalue weighted by atomic mass is 32.2. The lowest BCUT2D eigenvalue weighted by Gasteiger charge is -2.30. The van der Waals surface area contributed by atoms with Gasteiger partial charge in [0.25, 0.3) is 0 Å². The number of imidazole rings is 1. The van der Waals surface area contributed by atoms with Crippen molar-refractivity contribution in [2.24, 2.45) is 5.41 Å². The standard InChI is InChI=1S/C37H66N7O18P3S/c1-4-5-6-7-8-9-10-11-12-13-14-15-25(45)20-28(47)66-19-18-39-27(46)16-17-40-35(50)32(49)37(2,3)22-59-65(56,57)62-64(54,55)58-21-26-31(61-63(51,52)53)30(48)36(60-26)44-24-43-29-33(38)41-23-42-34(29)44/h23-26,30-32,36,45,48-49H,4-22H2,1-3H3,(H,39,46)(H,40,50)(H,54,55)(H,56,57)(H2,38,41,42)(H2,51,52,53)/t25-,26-,30-,31-,32?,36-/m1/s1. The zero-order valence-corrected chi connectivity index (χ0v) is 40.8. The van der Waals surface area contributed by atoms with Gasteiger partial charge in [0.2, 0.25) is 11.8 Å². The average molecular weight is 1020 g/mol. The Morgan fingerprint density at radius 1 is 0.909 bits per heavy atom. The summed E-state index contributed by atoms with van der Waals surface area (Å²) in [5, 5.41) is 36.6. The summed E-state index contributed by atoms with van der Waals surface area (Å²) in [5.41, 5.74) is 4.25. The van der Waals surface area contributed by atoms with Crippen LogP contribution in [0.5, 0.6) is 0 Å². The van der Waals surface area contributed by atoms with Crippen LogP contribution in [0.1, 0.15) is 117 Å². The number of anilines is 1. The molecule has 0 aromatic carbocycles. The van der Waals surface area contributed by atoms with Crippen LogP contribution in [0.4, 0.5) is 5.82 Å². The molecular weight excluding hydrogens is 955 g/mol. The van der Waals surface area contributed by atoms with Crippen molar-refractivity contribution in [3.05, 3.63) is 12.7 Å². The average Bonchev–Trinajstić information content (AvgIpc) is 3.79. The Labute approximate surface area is 387 Å². The number of aromatic nitrogens is 4. The van der Waals surface area contributed by atoms with Gasteiger partial charge in [0.05, 0.1) is 25.6 Å². The van der Waals surface area contributed by atoms with Crippen molar-refractivity contribution in [2.45, 2.75) is 147 Å². The van der Waals surface area contributed by atoms with Gasteiger partial charge in [0.1, 0.15) is 36.3 Å². The van der Waals surface area contributed by atoms with Crippen molar-refractivity contribution in [3.8, 4) is 0 Å². The van der Waals surface area contributed by atoms with Crippen molar-refractivity contribution in [1.82, 2.24) is 30.2 Å². The third-order valence-electron chi connectivity index (χ3n) is 10.3. The summed E-state index contributed by atoms with van der Waals surface area (Å²) in [6, 6.07) is 0. The van der Waals surface area contributed by atoms with Crippen LogP contribution in [0, 0.1) is 5.41 Å². The summed E-state index contributed by atoms with van der Waals surface area (Å²) >= 11 is 0.998. The Balaban J connectivity index is 1.33. The summed E-state index contributed by atoms with van der Waals surface area (Å²) in [6.45, 7) is 2.61. The Morgan fingerprint density at radius 3 is 2.17 bits per heavy atom. The van der Waals surface area contributed by atoms with Gasteiger partial charge in [0.15, 0.2) is 22.8 Å². The summed E-state index contributed by atoms with van der Waals surface area (Å²) in [6.07, 6.45) is 6.04. The van der Waals surface area contributed by atoms with Gasteiger partial charge >= 0.3 is 23.5 Å². The molecule has 29 heteroatoms.